The number of pyridine rings is 1. The first-order valence-corrected chi connectivity index (χ1v) is 8.20. The number of aromatic amines is 1. The summed E-state index contributed by atoms with van der Waals surface area (Å²) in [5.41, 5.74) is 0.790. The maximum absolute atomic E-state index is 12.6. The molecule has 0 radical (unpaired) electrons. The molecule has 1 aliphatic rings. The van der Waals surface area contributed by atoms with E-state index >= 15 is 0 Å². The fourth-order valence-electron chi connectivity index (χ4n) is 2.95. The predicted molar refractivity (Wildman–Crippen MR) is 91.5 cm³/mol. The van der Waals surface area contributed by atoms with Gasteiger partial charge in [-0.3, -0.25) is 14.4 Å². The zero-order valence-corrected chi connectivity index (χ0v) is 13.8. The number of nitrogens with one attached hydrogen (secondary N) is 1. The summed E-state index contributed by atoms with van der Waals surface area (Å²) in [6.45, 7) is 1.00. The molecule has 1 saturated heterocycles. The lowest BCUT2D eigenvalue weighted by Gasteiger charge is -2.32. The van der Waals surface area contributed by atoms with Crippen molar-refractivity contribution in [1.82, 2.24) is 9.88 Å². The number of hydrogen-bond donors (Lipinski definition) is 1. The van der Waals surface area contributed by atoms with Gasteiger partial charge < -0.3 is 9.88 Å². The Morgan fingerprint density at radius 3 is 2.46 bits per heavy atom. The van der Waals surface area contributed by atoms with Crippen LogP contribution in [0.4, 0.5) is 0 Å². The van der Waals surface area contributed by atoms with Crippen LogP contribution in [0.3, 0.4) is 0 Å². The van der Waals surface area contributed by atoms with Crippen LogP contribution in [0.2, 0.25) is 5.02 Å². The average molecular weight is 345 g/mol. The number of Topliss-reactive ketones (excluding diaryl/α,β-unsaturated/α-hetero) is 1. The second-order valence-corrected chi connectivity index (χ2v) is 6.34. The number of likely N-dealkylation sites (tertiary alicyclic amines) is 1. The maximum atomic E-state index is 12.6. The topological polar surface area (TPSA) is 70.2 Å². The molecule has 0 spiro atoms. The van der Waals surface area contributed by atoms with Crippen LogP contribution in [0.1, 0.15) is 33.6 Å². The lowest BCUT2D eigenvalue weighted by atomic mass is 9.90. The lowest BCUT2D eigenvalue weighted by Crippen LogP contribution is -2.42. The minimum atomic E-state index is -0.249. The normalized spacial score (nSPS) is 17.5. The molecule has 0 saturated carbocycles. The molecule has 0 bridgehead atoms. The Hall–Kier alpha value is -2.40. The number of ketones is 1. The number of H-pyrrole nitrogens is 1. The molecule has 2 heterocycles. The van der Waals surface area contributed by atoms with E-state index in [4.69, 9.17) is 11.6 Å². The summed E-state index contributed by atoms with van der Waals surface area (Å²) in [4.78, 5) is 40.5. The van der Waals surface area contributed by atoms with Gasteiger partial charge >= 0.3 is 0 Å². The molecule has 2 aromatic rings. The van der Waals surface area contributed by atoms with Crippen molar-refractivity contribution in [3.8, 4) is 0 Å². The first kappa shape index (κ1) is 16.5. The van der Waals surface area contributed by atoms with Gasteiger partial charge in [-0.25, -0.2) is 0 Å². The van der Waals surface area contributed by atoms with E-state index in [0.29, 0.717) is 29.2 Å². The number of hydrogen-bond acceptors (Lipinski definition) is 3. The van der Waals surface area contributed by atoms with Gasteiger partial charge in [-0.05, 0) is 43.2 Å². The summed E-state index contributed by atoms with van der Waals surface area (Å²) in [6.07, 6.45) is 2.95. The van der Waals surface area contributed by atoms with Crippen LogP contribution >= 0.6 is 11.6 Å². The van der Waals surface area contributed by atoms with Gasteiger partial charge in [-0.2, -0.15) is 0 Å². The van der Waals surface area contributed by atoms with Gasteiger partial charge in [0.15, 0.2) is 5.78 Å². The van der Waals surface area contributed by atoms with Crippen LogP contribution in [-0.2, 0) is 0 Å². The Bertz CT molecular complexity index is 793. The van der Waals surface area contributed by atoms with Gasteiger partial charge in [0.05, 0.1) is 5.56 Å². The highest BCUT2D eigenvalue weighted by atomic mass is 35.5. The second-order valence-electron chi connectivity index (χ2n) is 5.90. The molecule has 1 aromatic carbocycles. The van der Waals surface area contributed by atoms with E-state index in [1.54, 1.807) is 29.2 Å². The number of carbonyl (C=O) groups excluding carboxylic acids is 2. The average Bonchev–Trinajstić information content (AvgIpc) is 2.62. The fourth-order valence-corrected chi connectivity index (χ4v) is 3.08. The third kappa shape index (κ3) is 3.57. The van der Waals surface area contributed by atoms with Crippen molar-refractivity contribution < 1.29 is 9.59 Å². The monoisotopic (exact) mass is 344 g/mol. The van der Waals surface area contributed by atoms with Gasteiger partial charge in [-0.1, -0.05) is 11.6 Å². The van der Waals surface area contributed by atoms with E-state index in [9.17, 15) is 14.4 Å². The maximum Gasteiger partial charge on any atom is 0.255 e. The molecule has 1 fully saturated rings. The van der Waals surface area contributed by atoms with E-state index in [0.717, 1.165) is 12.8 Å². The number of rotatable bonds is 3. The number of benzene rings is 1. The van der Waals surface area contributed by atoms with E-state index < -0.39 is 0 Å². The van der Waals surface area contributed by atoms with Crippen molar-refractivity contribution in [3.63, 3.8) is 0 Å². The van der Waals surface area contributed by atoms with Gasteiger partial charge in [0.2, 0.25) is 5.56 Å². The van der Waals surface area contributed by atoms with Crippen molar-refractivity contribution in [2.75, 3.05) is 13.1 Å². The molecule has 124 valence electrons. The number of piperidine rings is 1. The summed E-state index contributed by atoms with van der Waals surface area (Å²) in [5, 5.41) is 0.588. The van der Waals surface area contributed by atoms with Crippen LogP contribution in [0.25, 0.3) is 0 Å². The molecule has 0 aliphatic carbocycles. The standard InChI is InChI=1S/C18H17ClN2O3/c19-15-6-3-12(4-7-15)17(23)14-2-1-9-21(11-14)18(24)13-5-8-16(22)20-10-13/h3-8,10,14H,1-2,9,11H2,(H,20,22). The molecular formula is C18H17ClN2O3. The van der Waals surface area contributed by atoms with Gasteiger partial charge in [0.25, 0.3) is 5.91 Å². The second kappa shape index (κ2) is 7.01. The Kier molecular flexibility index (Phi) is 4.81. The highest BCUT2D eigenvalue weighted by Crippen LogP contribution is 2.23. The summed E-state index contributed by atoms with van der Waals surface area (Å²) in [6, 6.07) is 9.65. The number of amides is 1. The van der Waals surface area contributed by atoms with E-state index in [1.807, 2.05) is 0 Å². The zero-order chi connectivity index (χ0) is 17.1. The SMILES string of the molecule is O=C(c1ccc(Cl)cc1)C1CCCN(C(=O)c2ccc(=O)[nH]c2)C1. The summed E-state index contributed by atoms with van der Waals surface area (Å²) < 4.78 is 0. The van der Waals surface area contributed by atoms with Crippen LogP contribution < -0.4 is 5.56 Å². The van der Waals surface area contributed by atoms with Gasteiger partial charge in [-0.15, -0.1) is 0 Å². The highest BCUT2D eigenvalue weighted by molar-refractivity contribution is 6.30. The van der Waals surface area contributed by atoms with Crippen molar-refractivity contribution >= 4 is 23.3 Å². The first-order valence-electron chi connectivity index (χ1n) is 7.82. The highest BCUT2D eigenvalue weighted by Gasteiger charge is 2.29. The van der Waals surface area contributed by atoms with Gasteiger partial charge in [0, 0.05) is 41.9 Å². The molecule has 3 rings (SSSR count). The molecule has 1 amide bonds. The zero-order valence-electron chi connectivity index (χ0n) is 13.0. The molecule has 5 nitrogen and oxygen atoms in total. The third-order valence-corrected chi connectivity index (χ3v) is 4.49. The summed E-state index contributed by atoms with van der Waals surface area (Å²) in [7, 11) is 0. The number of nitrogens with zero attached hydrogens (tertiary/aromatic N) is 1. The Balaban J connectivity index is 1.73. The van der Waals surface area contributed by atoms with E-state index in [1.165, 1.54) is 18.3 Å². The van der Waals surface area contributed by atoms with Crippen molar-refractivity contribution in [3.05, 3.63) is 69.1 Å². The molecule has 1 atom stereocenters. The minimum absolute atomic E-state index is 0.0330. The van der Waals surface area contributed by atoms with Crippen molar-refractivity contribution in [2.24, 2.45) is 5.92 Å². The molecule has 24 heavy (non-hydrogen) atoms. The molecule has 1 N–H and O–H groups in total. The first-order chi connectivity index (χ1) is 11.5. The molecule has 6 heteroatoms. The number of aromatic nitrogens is 1. The lowest BCUT2D eigenvalue weighted by molar-refractivity contribution is 0.0636. The fraction of sp³-hybridized carbons (Fsp3) is 0.278. The van der Waals surface area contributed by atoms with E-state index in [-0.39, 0.29) is 23.2 Å². The number of halogens is 1. The Labute approximate surface area is 144 Å². The van der Waals surface area contributed by atoms with E-state index in [2.05, 4.69) is 4.98 Å². The Morgan fingerprint density at radius 2 is 1.79 bits per heavy atom. The predicted octanol–water partition coefficient (Wildman–Crippen LogP) is 2.76. The number of carbonyl (C=O) groups is 2. The quantitative estimate of drug-likeness (QED) is 0.870. The smallest absolute Gasteiger partial charge is 0.255 e. The van der Waals surface area contributed by atoms with Crippen molar-refractivity contribution in [1.29, 1.82) is 0 Å². The third-order valence-electron chi connectivity index (χ3n) is 4.24. The van der Waals surface area contributed by atoms with Crippen LogP contribution in [0.15, 0.2) is 47.4 Å². The minimum Gasteiger partial charge on any atom is -0.338 e. The summed E-state index contributed by atoms with van der Waals surface area (Å²) >= 11 is 5.86. The van der Waals surface area contributed by atoms with Crippen LogP contribution in [-0.4, -0.2) is 34.7 Å². The molecule has 1 aromatic heterocycles. The molecule has 1 unspecified atom stereocenters. The van der Waals surface area contributed by atoms with Crippen molar-refractivity contribution in [2.45, 2.75) is 12.8 Å². The Morgan fingerprint density at radius 1 is 1.08 bits per heavy atom. The molecule has 1 aliphatic heterocycles. The van der Waals surface area contributed by atoms with Crippen LogP contribution in [0, 0.1) is 5.92 Å². The van der Waals surface area contributed by atoms with Gasteiger partial charge in [0.1, 0.15) is 0 Å². The largest absolute Gasteiger partial charge is 0.338 e. The molecular weight excluding hydrogens is 328 g/mol. The summed E-state index contributed by atoms with van der Waals surface area (Å²) in [5.74, 6) is -0.350. The van der Waals surface area contributed by atoms with Crippen LogP contribution in [0.5, 0.6) is 0 Å².